The van der Waals surface area contributed by atoms with Gasteiger partial charge in [-0.15, -0.1) is 24.8 Å². The summed E-state index contributed by atoms with van der Waals surface area (Å²) in [5.41, 5.74) is -2.04. The zero-order valence-corrected chi connectivity index (χ0v) is 29.1. The normalized spacial score (nSPS) is 25.4. The third-order valence-electron chi connectivity index (χ3n) is 10.1. The number of halogens is 6. The number of piperidine rings is 1. The van der Waals surface area contributed by atoms with Crippen LogP contribution in [0.15, 0.2) is 42.5 Å². The molecule has 3 heterocycles. The van der Waals surface area contributed by atoms with Crippen LogP contribution >= 0.6 is 24.8 Å². The number of carbonyl (C=O) groups excluding carboxylic acids is 1. The molecular weight excluding hydrogens is 677 g/mol. The number of amides is 1. The molecule has 2 N–H and O–H groups in total. The Morgan fingerprint density at radius 3 is 2.12 bits per heavy atom. The Balaban J connectivity index is 0.00000312. The van der Waals surface area contributed by atoms with E-state index in [4.69, 9.17) is 4.74 Å². The van der Waals surface area contributed by atoms with Gasteiger partial charge in [-0.05, 0) is 69.0 Å². The molecule has 3 aliphatic heterocycles. The molecule has 0 aliphatic carbocycles. The summed E-state index contributed by atoms with van der Waals surface area (Å²) < 4.78 is 64.1. The van der Waals surface area contributed by atoms with Crippen LogP contribution in [-0.2, 0) is 15.8 Å². The number of rotatable bonds is 7. The van der Waals surface area contributed by atoms with E-state index in [9.17, 15) is 33.0 Å². The Kier molecular flexibility index (Phi) is 12.4. The number of aliphatic hydroxyl groups excluding tert-OH is 1. The summed E-state index contributed by atoms with van der Waals surface area (Å²) in [6, 6.07) is 10.5. The number of aliphatic hydroxyl groups is 1. The first-order chi connectivity index (χ1) is 21.6. The molecule has 2 aromatic carbocycles. The van der Waals surface area contributed by atoms with Crippen LogP contribution in [0.2, 0.25) is 0 Å². The number of likely N-dealkylation sites (tertiary alicyclic amines) is 2. The van der Waals surface area contributed by atoms with Crippen molar-refractivity contribution in [1.82, 2.24) is 9.80 Å². The minimum absolute atomic E-state index is 0. The first-order valence-corrected chi connectivity index (χ1v) is 15.7. The van der Waals surface area contributed by atoms with Gasteiger partial charge in [0.25, 0.3) is 5.91 Å². The number of anilines is 1. The van der Waals surface area contributed by atoms with Gasteiger partial charge in [-0.3, -0.25) is 14.5 Å². The van der Waals surface area contributed by atoms with Crippen LogP contribution < -0.4 is 9.64 Å². The van der Waals surface area contributed by atoms with Crippen LogP contribution in [-0.4, -0.2) is 96.1 Å². The summed E-state index contributed by atoms with van der Waals surface area (Å²) >= 11 is 0. The zero-order chi connectivity index (χ0) is 33.6. The van der Waals surface area contributed by atoms with Gasteiger partial charge in [0.2, 0.25) is 5.67 Å². The quantitative estimate of drug-likeness (QED) is 0.339. The highest BCUT2D eigenvalue weighted by Crippen LogP contribution is 2.47. The number of alkyl halides is 4. The zero-order valence-electron chi connectivity index (χ0n) is 27.5. The third-order valence-corrected chi connectivity index (χ3v) is 10.1. The average molecular weight is 723 g/mol. The van der Waals surface area contributed by atoms with Crippen LogP contribution in [0.4, 0.5) is 23.2 Å². The lowest BCUT2D eigenvalue weighted by Crippen LogP contribution is -2.51. The Morgan fingerprint density at radius 2 is 1.60 bits per heavy atom. The van der Waals surface area contributed by atoms with E-state index in [-0.39, 0.29) is 77.0 Å². The lowest BCUT2D eigenvalue weighted by atomic mass is 9.85. The van der Waals surface area contributed by atoms with E-state index in [2.05, 4.69) is 0 Å². The molecule has 5 rings (SSSR count). The van der Waals surface area contributed by atoms with Crippen LogP contribution in [0.1, 0.15) is 62.1 Å². The van der Waals surface area contributed by atoms with E-state index in [1.807, 2.05) is 25.7 Å². The Labute approximate surface area is 291 Å². The minimum atomic E-state index is -4.60. The van der Waals surface area contributed by atoms with E-state index < -0.39 is 58.5 Å². The third kappa shape index (κ3) is 7.82. The maximum Gasteiger partial charge on any atom is 0.416 e. The average Bonchev–Trinajstić information content (AvgIpc) is 3.62. The number of carboxylic acid groups (broad SMARTS) is 1. The molecule has 0 aromatic heterocycles. The second-order valence-corrected chi connectivity index (χ2v) is 13.9. The first-order valence-electron chi connectivity index (χ1n) is 15.7. The molecule has 0 bridgehead atoms. The van der Waals surface area contributed by atoms with Gasteiger partial charge >= 0.3 is 12.1 Å². The van der Waals surface area contributed by atoms with E-state index in [0.717, 1.165) is 12.1 Å². The number of ether oxygens (including phenoxy) is 1. The van der Waals surface area contributed by atoms with Crippen molar-refractivity contribution in [1.29, 1.82) is 0 Å². The lowest BCUT2D eigenvalue weighted by molar-refractivity contribution is -0.143. The van der Waals surface area contributed by atoms with Gasteiger partial charge in [0, 0.05) is 74.9 Å². The summed E-state index contributed by atoms with van der Waals surface area (Å²) in [4.78, 5) is 30.9. The van der Waals surface area contributed by atoms with E-state index in [1.54, 1.807) is 29.2 Å². The number of hydrogen-bond acceptors (Lipinski definition) is 6. The number of aliphatic carboxylic acids is 1. The van der Waals surface area contributed by atoms with Gasteiger partial charge < -0.3 is 24.7 Å². The molecule has 48 heavy (non-hydrogen) atoms. The summed E-state index contributed by atoms with van der Waals surface area (Å²) in [7, 11) is 1.54. The van der Waals surface area contributed by atoms with E-state index in [1.165, 1.54) is 18.1 Å². The Bertz CT molecular complexity index is 1430. The molecule has 0 spiro atoms. The Hall–Kier alpha value is -2.80. The first kappa shape index (κ1) is 39.6. The number of carboxylic acids is 1. The smallest absolute Gasteiger partial charge is 0.416 e. The lowest BCUT2D eigenvalue weighted by Gasteiger charge is -2.35. The Morgan fingerprint density at radius 1 is 0.979 bits per heavy atom. The van der Waals surface area contributed by atoms with Gasteiger partial charge in [-0.25, -0.2) is 4.39 Å². The van der Waals surface area contributed by atoms with Crippen molar-refractivity contribution in [2.75, 3.05) is 57.9 Å². The van der Waals surface area contributed by atoms with Gasteiger partial charge in [0.1, 0.15) is 5.75 Å². The van der Waals surface area contributed by atoms with Gasteiger partial charge in [-0.2, -0.15) is 13.2 Å². The maximum atomic E-state index is 17.4. The number of nitrogens with zero attached hydrogens (tertiary/aromatic N) is 3. The fraction of sp³-hybridized carbons (Fsp3) is 0.588. The summed E-state index contributed by atoms with van der Waals surface area (Å²) in [6.45, 7) is 6.34. The van der Waals surface area contributed by atoms with Crippen molar-refractivity contribution >= 4 is 42.4 Å². The molecule has 1 amide bonds. The van der Waals surface area contributed by atoms with Crippen LogP contribution in [0.5, 0.6) is 5.75 Å². The molecule has 3 fully saturated rings. The highest BCUT2D eigenvalue weighted by Gasteiger charge is 2.58. The largest absolute Gasteiger partial charge is 0.497 e. The minimum Gasteiger partial charge on any atom is -0.497 e. The van der Waals surface area contributed by atoms with Crippen molar-refractivity contribution < 1.29 is 42.1 Å². The fourth-order valence-corrected chi connectivity index (χ4v) is 7.26. The summed E-state index contributed by atoms with van der Waals surface area (Å²) in [6.07, 6.45) is -4.03. The van der Waals surface area contributed by atoms with Crippen molar-refractivity contribution in [2.45, 2.75) is 62.8 Å². The topological polar surface area (TPSA) is 93.6 Å². The van der Waals surface area contributed by atoms with Crippen LogP contribution in [0, 0.1) is 11.8 Å². The molecule has 2 aromatic rings. The van der Waals surface area contributed by atoms with Gasteiger partial charge in [0.05, 0.1) is 18.6 Å². The van der Waals surface area contributed by atoms with Crippen molar-refractivity contribution in [2.24, 2.45) is 11.8 Å². The molecule has 0 unspecified atom stereocenters. The number of carbonyl (C=O) groups is 2. The second kappa shape index (κ2) is 15.0. The van der Waals surface area contributed by atoms with Crippen molar-refractivity contribution in [3.8, 4) is 5.75 Å². The number of methoxy groups -OCH3 is 1. The summed E-state index contributed by atoms with van der Waals surface area (Å²) in [5, 5.41) is 19.9. The molecule has 14 heteroatoms. The molecule has 0 saturated carbocycles. The van der Waals surface area contributed by atoms with Gasteiger partial charge in [0.15, 0.2) is 0 Å². The van der Waals surface area contributed by atoms with E-state index in [0.29, 0.717) is 29.1 Å². The predicted octanol–water partition coefficient (Wildman–Crippen LogP) is 6.00. The van der Waals surface area contributed by atoms with Crippen LogP contribution in [0.25, 0.3) is 0 Å². The standard InChI is InChI=1S/C34H43F4N3O5.2ClH/c1-32(2,3)41-18-28(21-5-8-25(46-4)9-6-21)33(35,20-41)31(45)40-16-23(19-42)27(17-40)26-10-7-24(34(36,37)38)15-29(26)39-13-11-22(12-14-39)30(43)44;;/h5-10,15,22-23,27-28,42H,11-14,16-20H2,1-4H3,(H,43,44);2*1H/t23-,27+,28+,33+;;/m1../s1. The monoisotopic (exact) mass is 721 g/mol. The molecule has 0 radical (unpaired) electrons. The summed E-state index contributed by atoms with van der Waals surface area (Å²) in [5.74, 6) is -3.44. The number of benzene rings is 2. The van der Waals surface area contributed by atoms with Gasteiger partial charge in [-0.1, -0.05) is 18.2 Å². The molecule has 268 valence electrons. The van der Waals surface area contributed by atoms with E-state index >= 15 is 4.39 Å². The molecule has 3 saturated heterocycles. The van der Waals surface area contributed by atoms with Crippen molar-refractivity contribution in [3.05, 3.63) is 59.2 Å². The SMILES string of the molecule is COc1ccc([C@@H]2CN(C(C)(C)C)C[C@@]2(F)C(=O)N2C[C@H](CO)[C@@H](c3ccc(C(F)(F)F)cc3N3CCC(C(=O)O)CC3)C2)cc1.Cl.Cl. The maximum absolute atomic E-state index is 17.4. The second-order valence-electron chi connectivity index (χ2n) is 13.9. The molecule has 4 atom stereocenters. The fourth-order valence-electron chi connectivity index (χ4n) is 7.26. The number of hydrogen-bond donors (Lipinski definition) is 2. The highest BCUT2D eigenvalue weighted by molar-refractivity contribution is 5.88. The molecular formula is C34H45Cl2F4N3O5. The van der Waals surface area contributed by atoms with Crippen molar-refractivity contribution in [3.63, 3.8) is 0 Å². The molecule has 3 aliphatic rings. The molecule has 8 nitrogen and oxygen atoms in total. The van der Waals surface area contributed by atoms with Crippen LogP contribution in [0.3, 0.4) is 0 Å². The predicted molar refractivity (Wildman–Crippen MR) is 179 cm³/mol. The highest BCUT2D eigenvalue weighted by atomic mass is 35.5.